The third-order valence-corrected chi connectivity index (χ3v) is 5.63. The lowest BCUT2D eigenvalue weighted by atomic mass is 10.1. The van der Waals surface area contributed by atoms with Gasteiger partial charge >= 0.3 is 0 Å². The van der Waals surface area contributed by atoms with E-state index in [2.05, 4.69) is 33.0 Å². The summed E-state index contributed by atoms with van der Waals surface area (Å²) in [6.45, 7) is 0.629. The second kappa shape index (κ2) is 9.94. The number of amides is 1. The van der Waals surface area contributed by atoms with Gasteiger partial charge < -0.3 is 15.4 Å². The number of carbonyl (C=O) groups excluding carboxylic acids is 1. The molecule has 0 bridgehead atoms. The summed E-state index contributed by atoms with van der Waals surface area (Å²) in [7, 11) is 1.63. The highest BCUT2D eigenvalue weighted by Crippen LogP contribution is 2.28. The van der Waals surface area contributed by atoms with Crippen LogP contribution in [0.2, 0.25) is 0 Å². The van der Waals surface area contributed by atoms with Gasteiger partial charge in [0.05, 0.1) is 12.9 Å². The summed E-state index contributed by atoms with van der Waals surface area (Å²) in [5, 5.41) is 15.0. The summed E-state index contributed by atoms with van der Waals surface area (Å²) in [6, 6.07) is 17.7. The zero-order valence-corrected chi connectivity index (χ0v) is 16.5. The molecule has 0 saturated carbocycles. The molecule has 0 aliphatic carbocycles. The van der Waals surface area contributed by atoms with Gasteiger partial charge in [0.25, 0.3) is 0 Å². The second-order valence-electron chi connectivity index (χ2n) is 5.60. The maximum atomic E-state index is 12.0. The van der Waals surface area contributed by atoms with E-state index in [1.807, 2.05) is 42.5 Å². The molecule has 1 amide bonds. The van der Waals surface area contributed by atoms with Crippen LogP contribution in [0.3, 0.4) is 0 Å². The average molecular weight is 401 g/mol. The lowest BCUT2D eigenvalue weighted by Crippen LogP contribution is -2.27. The molecule has 6 nitrogen and oxygen atoms in total. The normalized spacial score (nSPS) is 10.4. The lowest BCUT2D eigenvalue weighted by Gasteiger charge is -2.04. The van der Waals surface area contributed by atoms with Crippen LogP contribution in [-0.4, -0.2) is 35.5 Å². The van der Waals surface area contributed by atoms with Crippen LogP contribution < -0.4 is 15.4 Å². The van der Waals surface area contributed by atoms with Crippen molar-refractivity contribution in [1.29, 1.82) is 0 Å². The number of benzene rings is 2. The number of rotatable bonds is 9. The molecule has 2 aromatic carbocycles. The van der Waals surface area contributed by atoms with Gasteiger partial charge in [-0.15, -0.1) is 10.2 Å². The third-order valence-electron chi connectivity index (χ3n) is 3.65. The summed E-state index contributed by atoms with van der Waals surface area (Å²) >= 11 is 2.80. The smallest absolute Gasteiger partial charge is 0.230 e. The summed E-state index contributed by atoms with van der Waals surface area (Å²) < 4.78 is 5.89. The van der Waals surface area contributed by atoms with Crippen molar-refractivity contribution in [2.75, 3.05) is 24.7 Å². The minimum atomic E-state index is -0.00389. The minimum Gasteiger partial charge on any atom is -0.497 e. The molecular weight excluding hydrogens is 380 g/mol. The topological polar surface area (TPSA) is 76.1 Å². The van der Waals surface area contributed by atoms with E-state index in [0.29, 0.717) is 17.4 Å². The maximum Gasteiger partial charge on any atom is 0.230 e. The molecule has 0 atom stereocenters. The van der Waals surface area contributed by atoms with Crippen LogP contribution in [0.15, 0.2) is 58.9 Å². The van der Waals surface area contributed by atoms with Crippen LogP contribution in [0, 0.1) is 0 Å². The summed E-state index contributed by atoms with van der Waals surface area (Å²) in [5.41, 5.74) is 2.12. The number of nitrogens with zero attached hydrogens (tertiary/aromatic N) is 2. The van der Waals surface area contributed by atoms with Gasteiger partial charge in [0.1, 0.15) is 5.75 Å². The van der Waals surface area contributed by atoms with Crippen molar-refractivity contribution >= 4 is 39.8 Å². The molecule has 27 heavy (non-hydrogen) atoms. The van der Waals surface area contributed by atoms with Gasteiger partial charge in [0, 0.05) is 12.2 Å². The summed E-state index contributed by atoms with van der Waals surface area (Å²) in [4.78, 5) is 12.0. The molecule has 3 rings (SSSR count). The van der Waals surface area contributed by atoms with E-state index in [9.17, 15) is 4.79 Å². The standard InChI is InChI=1S/C19H20N4O2S2/c1-25-16-9-7-15(8-10-16)21-18-22-23-19(27-18)26-13-17(24)20-12-11-14-5-3-2-4-6-14/h2-10H,11-13H2,1H3,(H,20,24)(H,21,22). The van der Waals surface area contributed by atoms with E-state index in [4.69, 9.17) is 4.74 Å². The first-order valence-corrected chi connectivity index (χ1v) is 10.2. The number of aromatic nitrogens is 2. The van der Waals surface area contributed by atoms with E-state index in [1.165, 1.54) is 28.7 Å². The van der Waals surface area contributed by atoms with E-state index >= 15 is 0 Å². The predicted octanol–water partition coefficient (Wildman–Crippen LogP) is 3.74. The molecular formula is C19H20N4O2S2. The van der Waals surface area contributed by atoms with Gasteiger partial charge in [-0.05, 0) is 36.2 Å². The Morgan fingerprint density at radius 1 is 1.11 bits per heavy atom. The molecule has 3 aromatic rings. The fourth-order valence-electron chi connectivity index (χ4n) is 2.29. The average Bonchev–Trinajstić information content (AvgIpc) is 3.15. The number of hydrogen-bond acceptors (Lipinski definition) is 7. The van der Waals surface area contributed by atoms with Crippen molar-refractivity contribution in [1.82, 2.24) is 15.5 Å². The lowest BCUT2D eigenvalue weighted by molar-refractivity contribution is -0.118. The third kappa shape index (κ3) is 6.26. The van der Waals surface area contributed by atoms with Crippen molar-refractivity contribution in [3.05, 3.63) is 60.2 Å². The highest BCUT2D eigenvalue weighted by molar-refractivity contribution is 8.01. The van der Waals surface area contributed by atoms with Crippen molar-refractivity contribution in [2.24, 2.45) is 0 Å². The Balaban J connectivity index is 1.40. The van der Waals surface area contributed by atoms with E-state index in [1.54, 1.807) is 7.11 Å². The molecule has 0 aliphatic rings. The van der Waals surface area contributed by atoms with E-state index in [0.717, 1.165) is 22.2 Å². The van der Waals surface area contributed by atoms with Gasteiger partial charge in [-0.3, -0.25) is 4.79 Å². The minimum absolute atomic E-state index is 0.00389. The largest absolute Gasteiger partial charge is 0.497 e. The maximum absolute atomic E-state index is 12.0. The molecule has 0 unspecified atom stereocenters. The van der Waals surface area contributed by atoms with Gasteiger partial charge in [0.2, 0.25) is 11.0 Å². The van der Waals surface area contributed by atoms with Gasteiger partial charge in [-0.25, -0.2) is 0 Å². The van der Waals surface area contributed by atoms with Crippen molar-refractivity contribution in [3.63, 3.8) is 0 Å². The summed E-state index contributed by atoms with van der Waals surface area (Å²) in [6.07, 6.45) is 0.825. The van der Waals surface area contributed by atoms with E-state index < -0.39 is 0 Å². The fraction of sp³-hybridized carbons (Fsp3) is 0.211. The Labute approximate surface area is 166 Å². The Bertz CT molecular complexity index is 854. The number of thioether (sulfide) groups is 1. The van der Waals surface area contributed by atoms with Gasteiger partial charge in [-0.2, -0.15) is 0 Å². The Morgan fingerprint density at radius 3 is 2.63 bits per heavy atom. The first-order chi connectivity index (χ1) is 13.2. The van der Waals surface area contributed by atoms with Crippen LogP contribution >= 0.6 is 23.1 Å². The first-order valence-electron chi connectivity index (χ1n) is 8.41. The molecule has 0 aliphatic heterocycles. The monoisotopic (exact) mass is 400 g/mol. The quantitative estimate of drug-likeness (QED) is 0.533. The highest BCUT2D eigenvalue weighted by Gasteiger charge is 2.08. The zero-order chi connectivity index (χ0) is 18.9. The zero-order valence-electron chi connectivity index (χ0n) is 14.8. The number of ether oxygens (including phenoxy) is 1. The fourth-order valence-corrected chi connectivity index (χ4v) is 3.89. The van der Waals surface area contributed by atoms with Crippen molar-refractivity contribution < 1.29 is 9.53 Å². The molecule has 140 valence electrons. The first kappa shape index (κ1) is 19.2. The van der Waals surface area contributed by atoms with Crippen LogP contribution in [0.4, 0.5) is 10.8 Å². The number of anilines is 2. The second-order valence-corrected chi connectivity index (χ2v) is 7.80. The van der Waals surface area contributed by atoms with Crippen LogP contribution in [0.25, 0.3) is 0 Å². The van der Waals surface area contributed by atoms with Crippen molar-refractivity contribution in [2.45, 2.75) is 10.8 Å². The molecule has 0 radical (unpaired) electrons. The highest BCUT2D eigenvalue weighted by atomic mass is 32.2. The molecule has 0 saturated heterocycles. The van der Waals surface area contributed by atoms with Crippen LogP contribution in [0.5, 0.6) is 5.75 Å². The molecule has 1 aromatic heterocycles. The SMILES string of the molecule is COc1ccc(Nc2nnc(SCC(=O)NCCc3ccccc3)s2)cc1. The van der Waals surface area contributed by atoms with Crippen LogP contribution in [0.1, 0.15) is 5.56 Å². The number of methoxy groups -OCH3 is 1. The molecule has 0 spiro atoms. The van der Waals surface area contributed by atoms with Gasteiger partial charge in [-0.1, -0.05) is 53.4 Å². The Kier molecular flexibility index (Phi) is 7.06. The molecule has 0 fully saturated rings. The summed E-state index contributed by atoms with van der Waals surface area (Å²) in [5.74, 6) is 1.12. The number of nitrogens with one attached hydrogen (secondary N) is 2. The molecule has 8 heteroatoms. The molecule has 2 N–H and O–H groups in total. The van der Waals surface area contributed by atoms with Gasteiger partial charge in [0.15, 0.2) is 4.34 Å². The Hall–Kier alpha value is -2.58. The van der Waals surface area contributed by atoms with Crippen molar-refractivity contribution in [3.8, 4) is 5.75 Å². The number of hydrogen-bond donors (Lipinski definition) is 2. The predicted molar refractivity (Wildman–Crippen MR) is 110 cm³/mol. The molecule has 1 heterocycles. The Morgan fingerprint density at radius 2 is 1.89 bits per heavy atom. The van der Waals surface area contributed by atoms with E-state index in [-0.39, 0.29) is 5.91 Å². The number of carbonyl (C=O) groups is 1. The van der Waals surface area contributed by atoms with Crippen LogP contribution in [-0.2, 0) is 11.2 Å².